The van der Waals surface area contributed by atoms with Crippen molar-refractivity contribution in [2.75, 3.05) is 5.32 Å². The highest BCUT2D eigenvalue weighted by Gasteiger charge is 2.30. The molecular formula is C13H18N2O2. The minimum atomic E-state index is -0.0625. The summed E-state index contributed by atoms with van der Waals surface area (Å²) in [7, 11) is 0. The van der Waals surface area contributed by atoms with Gasteiger partial charge in [0.1, 0.15) is 0 Å². The summed E-state index contributed by atoms with van der Waals surface area (Å²) in [6.07, 6.45) is 2.84. The van der Waals surface area contributed by atoms with Gasteiger partial charge in [0.05, 0.1) is 12.5 Å². The van der Waals surface area contributed by atoms with Crippen LogP contribution in [0, 0.1) is 5.92 Å². The van der Waals surface area contributed by atoms with Crippen LogP contribution in [0.2, 0.25) is 0 Å². The number of anilines is 1. The average molecular weight is 234 g/mol. The van der Waals surface area contributed by atoms with E-state index < -0.39 is 0 Å². The van der Waals surface area contributed by atoms with Crippen molar-refractivity contribution in [3.8, 4) is 0 Å². The molecule has 1 aromatic carbocycles. The number of nitrogens with two attached hydrogens (primary N) is 1. The van der Waals surface area contributed by atoms with E-state index in [9.17, 15) is 4.79 Å². The smallest absolute Gasteiger partial charge is 0.229 e. The number of amides is 1. The van der Waals surface area contributed by atoms with E-state index in [-0.39, 0.29) is 24.5 Å². The molecule has 2 rings (SSSR count). The number of carbonyl (C=O) groups excluding carboxylic acids is 1. The van der Waals surface area contributed by atoms with Crippen LogP contribution in [-0.4, -0.2) is 17.1 Å². The molecule has 0 aromatic heterocycles. The summed E-state index contributed by atoms with van der Waals surface area (Å²) in [4.78, 5) is 11.9. The molecule has 1 saturated carbocycles. The Hall–Kier alpha value is -1.39. The Balaban J connectivity index is 1.97. The molecule has 1 aromatic rings. The number of aliphatic hydroxyl groups excluding tert-OH is 1. The molecule has 1 fully saturated rings. The fourth-order valence-corrected chi connectivity index (χ4v) is 2.24. The van der Waals surface area contributed by atoms with Crippen LogP contribution in [0.25, 0.3) is 0 Å². The maximum Gasteiger partial charge on any atom is 0.229 e. The molecule has 2 unspecified atom stereocenters. The molecule has 4 nitrogen and oxygen atoms in total. The summed E-state index contributed by atoms with van der Waals surface area (Å²) in [6, 6.07) is 7.18. The molecule has 17 heavy (non-hydrogen) atoms. The lowest BCUT2D eigenvalue weighted by Crippen LogP contribution is -2.34. The van der Waals surface area contributed by atoms with Gasteiger partial charge in [-0.1, -0.05) is 18.6 Å². The number of hydrogen-bond donors (Lipinski definition) is 3. The summed E-state index contributed by atoms with van der Waals surface area (Å²) in [5, 5.41) is 11.8. The summed E-state index contributed by atoms with van der Waals surface area (Å²) in [5.41, 5.74) is 7.47. The predicted octanol–water partition coefficient (Wildman–Crippen LogP) is 1.24. The van der Waals surface area contributed by atoms with Crippen LogP contribution in [0.4, 0.5) is 5.69 Å². The summed E-state index contributed by atoms with van der Waals surface area (Å²) < 4.78 is 0. The van der Waals surface area contributed by atoms with E-state index >= 15 is 0 Å². The lowest BCUT2D eigenvalue weighted by molar-refractivity contribution is -0.120. The molecule has 0 aliphatic heterocycles. The van der Waals surface area contributed by atoms with Crippen LogP contribution < -0.4 is 11.1 Å². The van der Waals surface area contributed by atoms with Crippen LogP contribution >= 0.6 is 0 Å². The fourth-order valence-electron chi connectivity index (χ4n) is 2.24. The van der Waals surface area contributed by atoms with Gasteiger partial charge in [-0.25, -0.2) is 0 Å². The Kier molecular flexibility index (Phi) is 3.76. The highest BCUT2D eigenvalue weighted by Crippen LogP contribution is 2.25. The third-order valence-electron chi connectivity index (χ3n) is 3.31. The van der Waals surface area contributed by atoms with Gasteiger partial charge in [-0.15, -0.1) is 0 Å². The van der Waals surface area contributed by atoms with Crippen molar-refractivity contribution >= 4 is 11.6 Å². The van der Waals surface area contributed by atoms with E-state index in [1.54, 1.807) is 24.3 Å². The van der Waals surface area contributed by atoms with Gasteiger partial charge in [-0.3, -0.25) is 4.79 Å². The molecule has 92 valence electrons. The van der Waals surface area contributed by atoms with Crippen molar-refractivity contribution in [3.63, 3.8) is 0 Å². The maximum absolute atomic E-state index is 11.9. The first kappa shape index (κ1) is 12.1. The molecule has 0 spiro atoms. The van der Waals surface area contributed by atoms with E-state index in [4.69, 9.17) is 10.8 Å². The molecule has 4 heteroatoms. The standard InChI is InChI=1S/C13H18N2O2/c14-12-3-1-2-11(12)13(17)15-10-6-4-9(8-16)5-7-10/h4-7,11-12,16H,1-3,8,14H2,(H,15,17). The molecule has 1 aliphatic carbocycles. The topological polar surface area (TPSA) is 75.4 Å². The Morgan fingerprint density at radius 3 is 2.59 bits per heavy atom. The zero-order chi connectivity index (χ0) is 12.3. The summed E-state index contributed by atoms with van der Waals surface area (Å²) >= 11 is 0. The van der Waals surface area contributed by atoms with E-state index in [2.05, 4.69) is 5.32 Å². The summed E-state index contributed by atoms with van der Waals surface area (Å²) in [5.74, 6) is -0.0562. The van der Waals surface area contributed by atoms with Crippen molar-refractivity contribution < 1.29 is 9.90 Å². The highest BCUT2D eigenvalue weighted by atomic mass is 16.3. The van der Waals surface area contributed by atoms with Crippen LogP contribution in [0.15, 0.2) is 24.3 Å². The number of rotatable bonds is 3. The highest BCUT2D eigenvalue weighted by molar-refractivity contribution is 5.93. The molecule has 2 atom stereocenters. The number of benzene rings is 1. The molecule has 0 radical (unpaired) electrons. The minimum absolute atomic E-state index is 0.00625. The average Bonchev–Trinajstić information content (AvgIpc) is 2.76. The Labute approximate surface area is 101 Å². The van der Waals surface area contributed by atoms with E-state index in [0.29, 0.717) is 0 Å². The van der Waals surface area contributed by atoms with E-state index in [0.717, 1.165) is 30.5 Å². The fraction of sp³-hybridized carbons (Fsp3) is 0.462. The van der Waals surface area contributed by atoms with Gasteiger partial charge in [-0.2, -0.15) is 0 Å². The first-order chi connectivity index (χ1) is 8.20. The van der Waals surface area contributed by atoms with Crippen molar-refractivity contribution in [2.24, 2.45) is 11.7 Å². The second kappa shape index (κ2) is 5.29. The third kappa shape index (κ3) is 2.84. The number of hydrogen-bond acceptors (Lipinski definition) is 3. The molecule has 1 aliphatic rings. The van der Waals surface area contributed by atoms with Gasteiger partial charge in [0, 0.05) is 11.7 Å². The molecule has 0 saturated heterocycles. The predicted molar refractivity (Wildman–Crippen MR) is 66.3 cm³/mol. The molecular weight excluding hydrogens is 216 g/mol. The Morgan fingerprint density at radius 1 is 1.35 bits per heavy atom. The van der Waals surface area contributed by atoms with Gasteiger partial charge in [0.15, 0.2) is 0 Å². The molecule has 4 N–H and O–H groups in total. The first-order valence-corrected chi connectivity index (χ1v) is 5.97. The second-order valence-electron chi connectivity index (χ2n) is 4.55. The number of aliphatic hydroxyl groups is 1. The molecule has 0 bridgehead atoms. The van der Waals surface area contributed by atoms with Gasteiger partial charge < -0.3 is 16.2 Å². The summed E-state index contributed by atoms with van der Waals surface area (Å²) in [6.45, 7) is 0.0156. The monoisotopic (exact) mass is 234 g/mol. The van der Waals surface area contributed by atoms with Gasteiger partial charge >= 0.3 is 0 Å². The SMILES string of the molecule is NC1CCCC1C(=O)Nc1ccc(CO)cc1. The van der Waals surface area contributed by atoms with Gasteiger partial charge in [-0.05, 0) is 30.5 Å². The van der Waals surface area contributed by atoms with Crippen LogP contribution in [-0.2, 0) is 11.4 Å². The molecule has 1 amide bonds. The normalized spacial score (nSPS) is 23.6. The van der Waals surface area contributed by atoms with Crippen molar-refractivity contribution in [2.45, 2.75) is 31.9 Å². The van der Waals surface area contributed by atoms with E-state index in [1.165, 1.54) is 0 Å². The quantitative estimate of drug-likeness (QED) is 0.736. The lowest BCUT2D eigenvalue weighted by Gasteiger charge is -2.15. The third-order valence-corrected chi connectivity index (χ3v) is 3.31. The first-order valence-electron chi connectivity index (χ1n) is 5.97. The number of carbonyl (C=O) groups is 1. The number of nitrogens with one attached hydrogen (secondary N) is 1. The molecule has 0 heterocycles. The van der Waals surface area contributed by atoms with Gasteiger partial charge in [0.25, 0.3) is 0 Å². The lowest BCUT2D eigenvalue weighted by atomic mass is 10.0. The van der Waals surface area contributed by atoms with Crippen LogP contribution in [0.5, 0.6) is 0 Å². The largest absolute Gasteiger partial charge is 0.392 e. The van der Waals surface area contributed by atoms with E-state index in [1.807, 2.05) is 0 Å². The van der Waals surface area contributed by atoms with Gasteiger partial charge in [0.2, 0.25) is 5.91 Å². The van der Waals surface area contributed by atoms with Crippen LogP contribution in [0.3, 0.4) is 0 Å². The maximum atomic E-state index is 11.9. The zero-order valence-corrected chi connectivity index (χ0v) is 9.73. The van der Waals surface area contributed by atoms with Crippen molar-refractivity contribution in [1.82, 2.24) is 0 Å². The van der Waals surface area contributed by atoms with Crippen molar-refractivity contribution in [3.05, 3.63) is 29.8 Å². The second-order valence-corrected chi connectivity index (χ2v) is 4.55. The zero-order valence-electron chi connectivity index (χ0n) is 9.73. The Bertz CT molecular complexity index is 389. The minimum Gasteiger partial charge on any atom is -0.392 e. The van der Waals surface area contributed by atoms with Crippen LogP contribution in [0.1, 0.15) is 24.8 Å². The van der Waals surface area contributed by atoms with Crippen molar-refractivity contribution in [1.29, 1.82) is 0 Å². The Morgan fingerprint density at radius 2 is 2.06 bits per heavy atom.